The summed E-state index contributed by atoms with van der Waals surface area (Å²) in [5.41, 5.74) is 0.994. The molecule has 0 spiro atoms. The Bertz CT molecular complexity index is 964. The Hall–Kier alpha value is -2.84. The van der Waals surface area contributed by atoms with E-state index in [0.29, 0.717) is 33.8 Å². The Morgan fingerprint density at radius 3 is 2.61 bits per heavy atom. The van der Waals surface area contributed by atoms with Crippen molar-refractivity contribution in [1.82, 2.24) is 10.2 Å². The zero-order valence-electron chi connectivity index (χ0n) is 15.3. The van der Waals surface area contributed by atoms with Gasteiger partial charge in [0.2, 0.25) is 5.13 Å². The van der Waals surface area contributed by atoms with Crippen LogP contribution in [-0.4, -0.2) is 36.9 Å². The summed E-state index contributed by atoms with van der Waals surface area (Å²) in [4.78, 5) is 12.0. The molecule has 3 aromatic rings. The lowest BCUT2D eigenvalue weighted by molar-refractivity contribution is -0.118. The number of amides is 1. The van der Waals surface area contributed by atoms with Crippen LogP contribution in [0.25, 0.3) is 0 Å². The second-order valence-electron chi connectivity index (χ2n) is 5.63. The zero-order valence-corrected chi connectivity index (χ0v) is 16.8. The van der Waals surface area contributed by atoms with Gasteiger partial charge in [0.1, 0.15) is 10.8 Å². The largest absolute Gasteiger partial charge is 0.493 e. The molecule has 0 unspecified atom stereocenters. The van der Waals surface area contributed by atoms with E-state index in [2.05, 4.69) is 15.5 Å². The standard InChI is InChI=1S/C19H18ClN3O4S/c1-25-15-8-7-12(9-16(15)26-2)10-18-22-23-19(28-18)21-17(24)11-27-14-6-4-3-5-13(14)20/h3-9H,10-11H2,1-2H3,(H,21,23,24). The predicted octanol–water partition coefficient (Wildman–Crippen LogP) is 3.82. The van der Waals surface area contributed by atoms with E-state index in [0.717, 1.165) is 10.6 Å². The van der Waals surface area contributed by atoms with Gasteiger partial charge in [-0.3, -0.25) is 10.1 Å². The number of benzene rings is 2. The molecule has 1 amide bonds. The third-order valence-electron chi connectivity index (χ3n) is 3.71. The van der Waals surface area contributed by atoms with Crippen LogP contribution in [0, 0.1) is 0 Å². The van der Waals surface area contributed by atoms with Gasteiger partial charge in [-0.15, -0.1) is 10.2 Å². The molecular weight excluding hydrogens is 402 g/mol. The number of ether oxygens (including phenoxy) is 3. The molecule has 9 heteroatoms. The molecule has 0 aliphatic carbocycles. The summed E-state index contributed by atoms with van der Waals surface area (Å²) in [6, 6.07) is 12.6. The summed E-state index contributed by atoms with van der Waals surface area (Å²) in [6.45, 7) is -0.172. The number of methoxy groups -OCH3 is 2. The number of halogens is 1. The molecule has 146 valence electrons. The molecule has 0 atom stereocenters. The summed E-state index contributed by atoms with van der Waals surface area (Å²) in [6.07, 6.45) is 0.560. The van der Waals surface area contributed by atoms with Crippen molar-refractivity contribution in [1.29, 1.82) is 0 Å². The predicted molar refractivity (Wildman–Crippen MR) is 108 cm³/mol. The monoisotopic (exact) mass is 419 g/mol. The van der Waals surface area contributed by atoms with Crippen LogP contribution in [0.2, 0.25) is 5.02 Å². The highest BCUT2D eigenvalue weighted by Gasteiger charge is 2.12. The van der Waals surface area contributed by atoms with Crippen molar-refractivity contribution in [3.63, 3.8) is 0 Å². The van der Waals surface area contributed by atoms with Gasteiger partial charge in [0.25, 0.3) is 5.91 Å². The zero-order chi connectivity index (χ0) is 19.9. The van der Waals surface area contributed by atoms with E-state index in [1.807, 2.05) is 18.2 Å². The summed E-state index contributed by atoms with van der Waals surface area (Å²) in [5, 5.41) is 12.4. The van der Waals surface area contributed by atoms with E-state index in [4.69, 9.17) is 25.8 Å². The Morgan fingerprint density at radius 2 is 1.86 bits per heavy atom. The SMILES string of the molecule is COc1ccc(Cc2nnc(NC(=O)COc3ccccc3Cl)s2)cc1OC. The number of hydrogen-bond donors (Lipinski definition) is 1. The van der Waals surface area contributed by atoms with Gasteiger partial charge < -0.3 is 14.2 Å². The quantitative estimate of drug-likeness (QED) is 0.597. The highest BCUT2D eigenvalue weighted by molar-refractivity contribution is 7.15. The second kappa shape index (κ2) is 9.38. The Labute approximate surface area is 171 Å². The van der Waals surface area contributed by atoms with Crippen LogP contribution in [0.15, 0.2) is 42.5 Å². The van der Waals surface area contributed by atoms with E-state index in [-0.39, 0.29) is 12.5 Å². The lowest BCUT2D eigenvalue weighted by Gasteiger charge is -2.08. The number of rotatable bonds is 8. The molecule has 0 saturated heterocycles. The molecular formula is C19H18ClN3O4S. The van der Waals surface area contributed by atoms with Crippen LogP contribution < -0.4 is 19.5 Å². The minimum absolute atomic E-state index is 0.172. The first-order valence-corrected chi connectivity index (χ1v) is 9.49. The number of para-hydroxylation sites is 1. The third kappa shape index (κ3) is 5.11. The first-order valence-electron chi connectivity index (χ1n) is 8.29. The van der Waals surface area contributed by atoms with E-state index in [1.165, 1.54) is 11.3 Å². The highest BCUT2D eigenvalue weighted by Crippen LogP contribution is 2.29. The fourth-order valence-electron chi connectivity index (χ4n) is 2.40. The van der Waals surface area contributed by atoms with Crippen molar-refractivity contribution < 1.29 is 19.0 Å². The van der Waals surface area contributed by atoms with Gasteiger partial charge >= 0.3 is 0 Å². The molecule has 0 aliphatic heterocycles. The first-order chi connectivity index (χ1) is 13.6. The van der Waals surface area contributed by atoms with E-state index in [1.54, 1.807) is 38.5 Å². The van der Waals surface area contributed by atoms with Crippen LogP contribution in [0.3, 0.4) is 0 Å². The number of hydrogen-bond acceptors (Lipinski definition) is 7. The van der Waals surface area contributed by atoms with Crippen molar-refractivity contribution >= 4 is 34.0 Å². The number of anilines is 1. The Balaban J connectivity index is 1.56. The van der Waals surface area contributed by atoms with Crippen LogP contribution in [0.1, 0.15) is 10.6 Å². The van der Waals surface area contributed by atoms with E-state index >= 15 is 0 Å². The van der Waals surface area contributed by atoms with Gasteiger partial charge in [0.05, 0.1) is 19.2 Å². The molecule has 0 fully saturated rings. The molecule has 28 heavy (non-hydrogen) atoms. The smallest absolute Gasteiger partial charge is 0.264 e. The second-order valence-corrected chi connectivity index (χ2v) is 7.10. The number of nitrogens with zero attached hydrogens (tertiary/aromatic N) is 2. The maximum absolute atomic E-state index is 12.0. The fourth-order valence-corrected chi connectivity index (χ4v) is 3.38. The van der Waals surface area contributed by atoms with Crippen LogP contribution in [0.4, 0.5) is 5.13 Å². The molecule has 3 rings (SSSR count). The average molecular weight is 420 g/mol. The molecule has 2 aromatic carbocycles. The van der Waals surface area contributed by atoms with Gasteiger partial charge in [0.15, 0.2) is 18.1 Å². The van der Waals surface area contributed by atoms with Gasteiger partial charge in [-0.05, 0) is 29.8 Å². The Morgan fingerprint density at radius 1 is 1.07 bits per heavy atom. The van der Waals surface area contributed by atoms with Gasteiger partial charge in [0, 0.05) is 6.42 Å². The third-order valence-corrected chi connectivity index (χ3v) is 4.86. The summed E-state index contributed by atoms with van der Waals surface area (Å²) < 4.78 is 15.9. The van der Waals surface area contributed by atoms with Crippen molar-refractivity contribution in [2.75, 3.05) is 26.1 Å². The van der Waals surface area contributed by atoms with Crippen LogP contribution in [0.5, 0.6) is 17.2 Å². The topological polar surface area (TPSA) is 82.6 Å². The maximum atomic E-state index is 12.0. The van der Waals surface area contributed by atoms with Crippen molar-refractivity contribution in [2.24, 2.45) is 0 Å². The lowest BCUT2D eigenvalue weighted by atomic mass is 10.1. The summed E-state index contributed by atoms with van der Waals surface area (Å²) >= 11 is 7.29. The molecule has 0 bridgehead atoms. The van der Waals surface area contributed by atoms with Gasteiger partial charge in [-0.2, -0.15) is 0 Å². The summed E-state index contributed by atoms with van der Waals surface area (Å²) in [7, 11) is 3.18. The minimum Gasteiger partial charge on any atom is -0.493 e. The maximum Gasteiger partial charge on any atom is 0.264 e. The van der Waals surface area contributed by atoms with Crippen molar-refractivity contribution in [3.05, 3.63) is 58.1 Å². The van der Waals surface area contributed by atoms with Crippen molar-refractivity contribution in [3.8, 4) is 17.2 Å². The van der Waals surface area contributed by atoms with Crippen LogP contribution in [-0.2, 0) is 11.2 Å². The minimum atomic E-state index is -0.339. The molecule has 1 aromatic heterocycles. The lowest BCUT2D eigenvalue weighted by Crippen LogP contribution is -2.20. The van der Waals surface area contributed by atoms with E-state index in [9.17, 15) is 4.79 Å². The number of aromatic nitrogens is 2. The number of carbonyl (C=O) groups is 1. The normalized spacial score (nSPS) is 10.4. The first kappa shape index (κ1) is 19.9. The molecule has 0 saturated carbocycles. The van der Waals surface area contributed by atoms with E-state index < -0.39 is 0 Å². The molecule has 1 heterocycles. The average Bonchev–Trinajstić information content (AvgIpc) is 3.13. The number of nitrogens with one attached hydrogen (secondary N) is 1. The van der Waals surface area contributed by atoms with Crippen LogP contribution >= 0.6 is 22.9 Å². The number of carbonyl (C=O) groups excluding carboxylic acids is 1. The molecule has 0 aliphatic rings. The molecule has 0 radical (unpaired) electrons. The van der Waals surface area contributed by atoms with Crippen molar-refractivity contribution in [2.45, 2.75) is 6.42 Å². The fraction of sp³-hybridized carbons (Fsp3) is 0.211. The van der Waals surface area contributed by atoms with Gasteiger partial charge in [-0.1, -0.05) is 41.1 Å². The molecule has 7 nitrogen and oxygen atoms in total. The summed E-state index contributed by atoms with van der Waals surface area (Å²) in [5.74, 6) is 1.42. The van der Waals surface area contributed by atoms with Gasteiger partial charge in [-0.25, -0.2) is 0 Å². The molecule has 1 N–H and O–H groups in total. The Kier molecular flexibility index (Phi) is 6.67. The highest BCUT2D eigenvalue weighted by atomic mass is 35.5.